The average molecular weight is 274 g/mol. The standard InChI is InChI=1S/C12H10N4O2S/c1-7-3-9-8(4-13-6-16(9)15-7)10-5-14-11(19-10)12(17)18-2/h3-6H,1-2H3. The first-order chi connectivity index (χ1) is 9.19. The van der Waals surface area contributed by atoms with Crippen molar-refractivity contribution in [3.05, 3.63) is 35.5 Å². The third kappa shape index (κ3) is 1.97. The number of ether oxygens (including phenoxy) is 1. The second-order valence-corrected chi connectivity index (χ2v) is 4.97. The van der Waals surface area contributed by atoms with Gasteiger partial charge in [0.15, 0.2) is 0 Å². The number of hydrogen-bond acceptors (Lipinski definition) is 6. The summed E-state index contributed by atoms with van der Waals surface area (Å²) in [6, 6.07) is 1.97. The molecule has 7 heteroatoms. The van der Waals surface area contributed by atoms with Gasteiger partial charge in [-0.1, -0.05) is 0 Å². The first-order valence-electron chi connectivity index (χ1n) is 5.53. The van der Waals surface area contributed by atoms with Gasteiger partial charge in [-0.05, 0) is 13.0 Å². The third-order valence-corrected chi connectivity index (χ3v) is 3.66. The number of fused-ring (bicyclic) bond motifs is 1. The Hall–Kier alpha value is -2.28. The topological polar surface area (TPSA) is 69.4 Å². The van der Waals surface area contributed by atoms with Crippen molar-refractivity contribution in [1.29, 1.82) is 0 Å². The van der Waals surface area contributed by atoms with Crippen LogP contribution >= 0.6 is 11.3 Å². The zero-order valence-electron chi connectivity index (χ0n) is 10.3. The van der Waals surface area contributed by atoms with Gasteiger partial charge < -0.3 is 4.74 Å². The van der Waals surface area contributed by atoms with Crippen molar-refractivity contribution in [3.8, 4) is 10.4 Å². The van der Waals surface area contributed by atoms with Crippen LogP contribution in [-0.2, 0) is 4.74 Å². The summed E-state index contributed by atoms with van der Waals surface area (Å²) in [6.07, 6.45) is 5.04. The fraction of sp³-hybridized carbons (Fsp3) is 0.167. The smallest absolute Gasteiger partial charge is 0.367 e. The second-order valence-electron chi connectivity index (χ2n) is 3.94. The van der Waals surface area contributed by atoms with E-state index in [9.17, 15) is 4.79 Å². The van der Waals surface area contributed by atoms with Crippen LogP contribution in [0.4, 0.5) is 0 Å². The maximum absolute atomic E-state index is 11.4. The van der Waals surface area contributed by atoms with Crippen LogP contribution in [0.5, 0.6) is 0 Å². The SMILES string of the molecule is COC(=O)c1ncc(-c2cncn3nc(C)cc23)s1. The fourth-order valence-corrected chi connectivity index (χ4v) is 2.67. The van der Waals surface area contributed by atoms with E-state index in [1.807, 2.05) is 13.0 Å². The van der Waals surface area contributed by atoms with Crippen LogP contribution in [-0.4, -0.2) is 32.7 Å². The van der Waals surface area contributed by atoms with Crippen LogP contribution in [0.2, 0.25) is 0 Å². The molecule has 0 aromatic carbocycles. The van der Waals surface area contributed by atoms with E-state index in [0.717, 1.165) is 21.7 Å². The largest absolute Gasteiger partial charge is 0.464 e. The Labute approximate surface area is 112 Å². The quantitative estimate of drug-likeness (QED) is 0.668. The number of aryl methyl sites for hydroxylation is 1. The predicted octanol–water partition coefficient (Wildman–Crippen LogP) is 1.95. The Morgan fingerprint density at radius 3 is 3.05 bits per heavy atom. The fourth-order valence-electron chi connectivity index (χ4n) is 1.81. The lowest BCUT2D eigenvalue weighted by Gasteiger charge is -1.98. The van der Waals surface area contributed by atoms with Gasteiger partial charge in [0.05, 0.1) is 23.2 Å². The predicted molar refractivity (Wildman–Crippen MR) is 70.2 cm³/mol. The molecule has 0 aliphatic heterocycles. The highest BCUT2D eigenvalue weighted by atomic mass is 32.1. The molecular weight excluding hydrogens is 264 g/mol. The van der Waals surface area contributed by atoms with Crippen molar-refractivity contribution in [2.45, 2.75) is 6.92 Å². The van der Waals surface area contributed by atoms with E-state index >= 15 is 0 Å². The summed E-state index contributed by atoms with van der Waals surface area (Å²) in [5.41, 5.74) is 2.75. The van der Waals surface area contributed by atoms with Crippen LogP contribution in [0.15, 0.2) is 24.8 Å². The molecule has 96 valence electrons. The summed E-state index contributed by atoms with van der Waals surface area (Å²) in [5, 5.41) is 4.63. The van der Waals surface area contributed by atoms with Crippen molar-refractivity contribution >= 4 is 22.8 Å². The molecule has 3 heterocycles. The molecule has 19 heavy (non-hydrogen) atoms. The third-order valence-electron chi connectivity index (χ3n) is 2.64. The van der Waals surface area contributed by atoms with Gasteiger partial charge in [-0.3, -0.25) is 0 Å². The number of rotatable bonds is 2. The number of methoxy groups -OCH3 is 1. The Kier molecular flexibility index (Phi) is 2.75. The van der Waals surface area contributed by atoms with Gasteiger partial charge in [0.2, 0.25) is 5.01 Å². The number of thiazole rings is 1. The lowest BCUT2D eigenvalue weighted by molar-refractivity contribution is 0.0600. The normalized spacial score (nSPS) is 10.8. The van der Waals surface area contributed by atoms with E-state index in [4.69, 9.17) is 0 Å². The molecular formula is C12H10N4O2S. The van der Waals surface area contributed by atoms with Gasteiger partial charge in [0.25, 0.3) is 0 Å². The molecule has 0 bridgehead atoms. The molecule has 6 nitrogen and oxygen atoms in total. The summed E-state index contributed by atoms with van der Waals surface area (Å²) in [5.74, 6) is -0.430. The van der Waals surface area contributed by atoms with Gasteiger partial charge >= 0.3 is 5.97 Å². The number of aromatic nitrogens is 4. The maximum atomic E-state index is 11.4. The Morgan fingerprint density at radius 1 is 1.42 bits per heavy atom. The molecule has 0 aliphatic rings. The average Bonchev–Trinajstić information content (AvgIpc) is 3.02. The number of carbonyl (C=O) groups is 1. The molecule has 0 aliphatic carbocycles. The van der Waals surface area contributed by atoms with Gasteiger partial charge in [-0.25, -0.2) is 19.3 Å². The van der Waals surface area contributed by atoms with E-state index in [-0.39, 0.29) is 0 Å². The molecule has 0 spiro atoms. The van der Waals surface area contributed by atoms with Crippen molar-refractivity contribution in [2.75, 3.05) is 7.11 Å². The minimum absolute atomic E-state index is 0.329. The van der Waals surface area contributed by atoms with Crippen molar-refractivity contribution in [3.63, 3.8) is 0 Å². The van der Waals surface area contributed by atoms with Crippen molar-refractivity contribution in [1.82, 2.24) is 19.6 Å². The first kappa shape index (κ1) is 11.8. The van der Waals surface area contributed by atoms with E-state index in [1.165, 1.54) is 18.4 Å². The summed E-state index contributed by atoms with van der Waals surface area (Å²) in [6.45, 7) is 1.92. The highest BCUT2D eigenvalue weighted by Crippen LogP contribution is 2.29. The molecule has 0 N–H and O–H groups in total. The van der Waals surface area contributed by atoms with Crippen LogP contribution in [0.25, 0.3) is 16.0 Å². The number of hydrogen-bond donors (Lipinski definition) is 0. The summed E-state index contributed by atoms with van der Waals surface area (Å²) in [7, 11) is 1.34. The number of esters is 1. The van der Waals surface area contributed by atoms with Gasteiger partial charge in [-0.2, -0.15) is 5.10 Å². The van der Waals surface area contributed by atoms with E-state index in [2.05, 4.69) is 19.8 Å². The number of carbonyl (C=O) groups excluding carboxylic acids is 1. The molecule has 0 radical (unpaired) electrons. The Balaban J connectivity index is 2.13. The monoisotopic (exact) mass is 274 g/mol. The summed E-state index contributed by atoms with van der Waals surface area (Å²) >= 11 is 1.28. The molecule has 3 aromatic rings. The lowest BCUT2D eigenvalue weighted by Crippen LogP contribution is -1.98. The highest BCUT2D eigenvalue weighted by Gasteiger charge is 2.14. The summed E-state index contributed by atoms with van der Waals surface area (Å²) in [4.78, 5) is 20.5. The minimum atomic E-state index is -0.430. The maximum Gasteiger partial charge on any atom is 0.367 e. The molecule has 0 amide bonds. The Morgan fingerprint density at radius 2 is 2.26 bits per heavy atom. The van der Waals surface area contributed by atoms with E-state index in [1.54, 1.807) is 23.2 Å². The van der Waals surface area contributed by atoms with Crippen molar-refractivity contribution in [2.24, 2.45) is 0 Å². The molecule has 0 atom stereocenters. The zero-order chi connectivity index (χ0) is 13.4. The first-order valence-corrected chi connectivity index (χ1v) is 6.35. The highest BCUT2D eigenvalue weighted by molar-refractivity contribution is 7.17. The molecule has 0 saturated carbocycles. The molecule has 0 saturated heterocycles. The van der Waals surface area contributed by atoms with Gasteiger partial charge in [-0.15, -0.1) is 11.3 Å². The molecule has 0 fully saturated rings. The lowest BCUT2D eigenvalue weighted by atomic mass is 10.2. The summed E-state index contributed by atoms with van der Waals surface area (Å²) < 4.78 is 6.36. The molecule has 0 unspecified atom stereocenters. The zero-order valence-corrected chi connectivity index (χ0v) is 11.1. The van der Waals surface area contributed by atoms with Crippen LogP contribution in [0, 0.1) is 6.92 Å². The molecule has 3 rings (SSSR count). The number of nitrogens with zero attached hydrogens (tertiary/aromatic N) is 4. The molecule has 3 aromatic heterocycles. The van der Waals surface area contributed by atoms with Crippen molar-refractivity contribution < 1.29 is 9.53 Å². The van der Waals surface area contributed by atoms with E-state index in [0.29, 0.717) is 5.01 Å². The van der Waals surface area contributed by atoms with E-state index < -0.39 is 5.97 Å². The minimum Gasteiger partial charge on any atom is -0.464 e. The van der Waals surface area contributed by atoms with Crippen LogP contribution in [0.1, 0.15) is 15.5 Å². The van der Waals surface area contributed by atoms with Gasteiger partial charge in [0, 0.05) is 18.0 Å². The van der Waals surface area contributed by atoms with Gasteiger partial charge in [0.1, 0.15) is 6.33 Å². The van der Waals surface area contributed by atoms with Crippen LogP contribution < -0.4 is 0 Å². The van der Waals surface area contributed by atoms with Crippen LogP contribution in [0.3, 0.4) is 0 Å². The second kappa shape index (κ2) is 4.43. The Bertz CT molecular complexity index is 762.